The van der Waals surface area contributed by atoms with Gasteiger partial charge in [0.25, 0.3) is 0 Å². The zero-order valence-corrected chi connectivity index (χ0v) is 12.6. The van der Waals surface area contributed by atoms with Crippen molar-refractivity contribution in [2.24, 2.45) is 5.73 Å². The molecule has 1 amide bonds. The lowest BCUT2D eigenvalue weighted by atomic mass is 9.82. The van der Waals surface area contributed by atoms with Gasteiger partial charge in [0, 0.05) is 5.02 Å². The van der Waals surface area contributed by atoms with Crippen LogP contribution >= 0.6 is 22.9 Å². The van der Waals surface area contributed by atoms with Crippen molar-refractivity contribution in [3.63, 3.8) is 0 Å². The molecule has 1 aliphatic rings. The van der Waals surface area contributed by atoms with E-state index in [9.17, 15) is 4.79 Å². The van der Waals surface area contributed by atoms with Crippen LogP contribution < -0.4 is 11.1 Å². The lowest BCUT2D eigenvalue weighted by Gasteiger charge is -2.31. The summed E-state index contributed by atoms with van der Waals surface area (Å²) >= 11 is 7.37. The Morgan fingerprint density at radius 1 is 1.35 bits per heavy atom. The van der Waals surface area contributed by atoms with E-state index in [-0.39, 0.29) is 5.91 Å². The van der Waals surface area contributed by atoms with Crippen LogP contribution in [-0.4, -0.2) is 16.4 Å². The smallest absolute Gasteiger partial charge is 0.246 e. The number of nitrogens with one attached hydrogen (secondary N) is 1. The van der Waals surface area contributed by atoms with Crippen LogP contribution in [0.15, 0.2) is 18.2 Å². The first kappa shape index (κ1) is 13.8. The van der Waals surface area contributed by atoms with E-state index in [2.05, 4.69) is 10.3 Å². The number of hydrogen-bond donors (Lipinski definition) is 2. The average Bonchev–Trinajstić information content (AvgIpc) is 2.81. The fourth-order valence-corrected chi connectivity index (χ4v) is 3.72. The van der Waals surface area contributed by atoms with E-state index in [1.807, 2.05) is 12.1 Å². The normalized spacial score (nSPS) is 18.1. The number of fused-ring (bicyclic) bond motifs is 1. The molecular weight excluding hydrogens is 294 g/mol. The molecule has 106 valence electrons. The molecule has 0 radical (unpaired) electrons. The van der Waals surface area contributed by atoms with Crippen LogP contribution in [0.5, 0.6) is 0 Å². The van der Waals surface area contributed by atoms with E-state index < -0.39 is 5.54 Å². The average molecular weight is 310 g/mol. The summed E-state index contributed by atoms with van der Waals surface area (Å²) in [4.78, 5) is 16.7. The first-order valence-electron chi connectivity index (χ1n) is 6.73. The number of nitrogens with two attached hydrogens (primary N) is 1. The van der Waals surface area contributed by atoms with Crippen molar-refractivity contribution in [2.75, 3.05) is 5.32 Å². The molecule has 1 aliphatic carbocycles. The molecule has 1 aromatic carbocycles. The van der Waals surface area contributed by atoms with Crippen molar-refractivity contribution in [2.45, 2.75) is 37.6 Å². The summed E-state index contributed by atoms with van der Waals surface area (Å²) in [6.45, 7) is 0. The molecule has 0 unspecified atom stereocenters. The molecule has 6 heteroatoms. The summed E-state index contributed by atoms with van der Waals surface area (Å²) in [5, 5.41) is 4.12. The number of benzene rings is 1. The van der Waals surface area contributed by atoms with Gasteiger partial charge < -0.3 is 11.1 Å². The van der Waals surface area contributed by atoms with E-state index in [1.165, 1.54) is 11.3 Å². The molecule has 0 spiro atoms. The first-order valence-corrected chi connectivity index (χ1v) is 7.93. The minimum Gasteiger partial charge on any atom is -0.317 e. The Balaban J connectivity index is 1.80. The number of thiazole rings is 1. The maximum absolute atomic E-state index is 12.3. The molecule has 0 saturated heterocycles. The summed E-state index contributed by atoms with van der Waals surface area (Å²) in [6.07, 6.45) is 4.68. The minimum absolute atomic E-state index is 0.123. The van der Waals surface area contributed by atoms with Gasteiger partial charge in [-0.1, -0.05) is 42.2 Å². The molecule has 1 aromatic heterocycles. The number of carbonyl (C=O) groups is 1. The van der Waals surface area contributed by atoms with Crippen LogP contribution in [-0.2, 0) is 4.79 Å². The van der Waals surface area contributed by atoms with Gasteiger partial charge in [-0.3, -0.25) is 4.79 Å². The summed E-state index contributed by atoms with van der Waals surface area (Å²) in [5.74, 6) is -0.123. The first-order chi connectivity index (χ1) is 9.57. The topological polar surface area (TPSA) is 68.0 Å². The monoisotopic (exact) mass is 309 g/mol. The third kappa shape index (κ3) is 2.66. The molecule has 1 fully saturated rings. The third-order valence-electron chi connectivity index (χ3n) is 3.77. The van der Waals surface area contributed by atoms with E-state index in [0.29, 0.717) is 10.2 Å². The molecule has 4 nitrogen and oxygen atoms in total. The Labute approximate surface area is 126 Å². The van der Waals surface area contributed by atoms with Crippen LogP contribution in [0.1, 0.15) is 32.1 Å². The number of rotatable bonds is 2. The van der Waals surface area contributed by atoms with E-state index in [1.54, 1.807) is 6.07 Å². The van der Waals surface area contributed by atoms with Gasteiger partial charge >= 0.3 is 0 Å². The van der Waals surface area contributed by atoms with Gasteiger partial charge in [-0.2, -0.15) is 0 Å². The van der Waals surface area contributed by atoms with E-state index >= 15 is 0 Å². The zero-order valence-electron chi connectivity index (χ0n) is 11.0. The SMILES string of the molecule is NC1(C(=O)Nc2nc3ccc(Cl)cc3s2)CCCCC1. The van der Waals surface area contributed by atoms with Crippen molar-refractivity contribution < 1.29 is 4.79 Å². The maximum atomic E-state index is 12.3. The van der Waals surface area contributed by atoms with Crippen molar-refractivity contribution in [1.29, 1.82) is 0 Å². The molecule has 1 saturated carbocycles. The van der Waals surface area contributed by atoms with Crippen molar-refractivity contribution >= 4 is 44.2 Å². The summed E-state index contributed by atoms with van der Waals surface area (Å²) in [5.41, 5.74) is 6.31. The molecule has 3 N–H and O–H groups in total. The van der Waals surface area contributed by atoms with Crippen LogP contribution in [0.25, 0.3) is 10.2 Å². The van der Waals surface area contributed by atoms with Crippen LogP contribution in [0, 0.1) is 0 Å². The standard InChI is InChI=1S/C14H16ClN3OS/c15-9-4-5-10-11(8-9)20-13(17-10)18-12(19)14(16)6-2-1-3-7-14/h4-5,8H,1-3,6-7,16H2,(H,17,18,19). The number of amides is 1. The number of anilines is 1. The second-order valence-electron chi connectivity index (χ2n) is 5.30. The molecule has 2 aromatic rings. The number of halogens is 1. The third-order valence-corrected chi connectivity index (χ3v) is 4.94. The van der Waals surface area contributed by atoms with Gasteiger partial charge in [0.15, 0.2) is 5.13 Å². The predicted molar refractivity (Wildman–Crippen MR) is 83.3 cm³/mol. The largest absolute Gasteiger partial charge is 0.317 e. The highest BCUT2D eigenvalue weighted by Gasteiger charge is 2.35. The van der Waals surface area contributed by atoms with Crippen LogP contribution in [0.3, 0.4) is 0 Å². The number of aromatic nitrogens is 1. The number of nitrogens with zero attached hydrogens (tertiary/aromatic N) is 1. The number of carbonyl (C=O) groups excluding carboxylic acids is 1. The zero-order chi connectivity index (χ0) is 14.2. The molecule has 0 aliphatic heterocycles. The Bertz CT molecular complexity index is 649. The van der Waals surface area contributed by atoms with Gasteiger partial charge in [0.2, 0.25) is 5.91 Å². The summed E-state index contributed by atoms with van der Waals surface area (Å²) < 4.78 is 0.961. The predicted octanol–water partition coefficient (Wildman–Crippen LogP) is 3.55. The van der Waals surface area contributed by atoms with Crippen molar-refractivity contribution in [3.8, 4) is 0 Å². The Kier molecular flexibility index (Phi) is 3.67. The highest BCUT2D eigenvalue weighted by atomic mass is 35.5. The van der Waals surface area contributed by atoms with E-state index in [4.69, 9.17) is 17.3 Å². The van der Waals surface area contributed by atoms with E-state index in [0.717, 1.165) is 42.3 Å². The minimum atomic E-state index is -0.742. The van der Waals surface area contributed by atoms with Crippen LogP contribution in [0.2, 0.25) is 5.02 Å². The molecule has 3 rings (SSSR count). The Morgan fingerprint density at radius 2 is 2.10 bits per heavy atom. The number of hydrogen-bond acceptors (Lipinski definition) is 4. The van der Waals surface area contributed by atoms with Gasteiger partial charge in [0.05, 0.1) is 15.8 Å². The van der Waals surface area contributed by atoms with Gasteiger partial charge in [-0.15, -0.1) is 0 Å². The lowest BCUT2D eigenvalue weighted by molar-refractivity contribution is -0.122. The molecule has 0 atom stereocenters. The Morgan fingerprint density at radius 3 is 2.85 bits per heavy atom. The quantitative estimate of drug-likeness (QED) is 0.891. The molecule has 1 heterocycles. The second kappa shape index (κ2) is 5.31. The molecular formula is C14H16ClN3OS. The van der Waals surface area contributed by atoms with Crippen molar-refractivity contribution in [1.82, 2.24) is 4.98 Å². The lowest BCUT2D eigenvalue weighted by Crippen LogP contribution is -2.52. The second-order valence-corrected chi connectivity index (χ2v) is 6.77. The maximum Gasteiger partial charge on any atom is 0.246 e. The molecule has 0 bridgehead atoms. The molecule has 20 heavy (non-hydrogen) atoms. The van der Waals surface area contributed by atoms with Crippen molar-refractivity contribution in [3.05, 3.63) is 23.2 Å². The van der Waals surface area contributed by atoms with Gasteiger partial charge in [0.1, 0.15) is 0 Å². The van der Waals surface area contributed by atoms with Crippen LogP contribution in [0.4, 0.5) is 5.13 Å². The van der Waals surface area contributed by atoms with Gasteiger partial charge in [-0.25, -0.2) is 4.98 Å². The highest BCUT2D eigenvalue weighted by Crippen LogP contribution is 2.31. The Hall–Kier alpha value is -1.17. The fourth-order valence-electron chi connectivity index (χ4n) is 2.58. The highest BCUT2D eigenvalue weighted by molar-refractivity contribution is 7.22. The summed E-state index contributed by atoms with van der Waals surface area (Å²) in [7, 11) is 0. The summed E-state index contributed by atoms with van der Waals surface area (Å²) in [6, 6.07) is 5.49. The fraction of sp³-hybridized carbons (Fsp3) is 0.429. The van der Waals surface area contributed by atoms with Gasteiger partial charge in [-0.05, 0) is 31.0 Å².